The van der Waals surface area contributed by atoms with E-state index in [4.69, 9.17) is 0 Å². The van der Waals surface area contributed by atoms with Gasteiger partial charge in [0.05, 0.1) is 0 Å². The number of halogens is 2. The Kier molecular flexibility index (Phi) is 3.43. The zero-order valence-corrected chi connectivity index (χ0v) is 10.7. The summed E-state index contributed by atoms with van der Waals surface area (Å²) in [5, 5.41) is 4.27. The van der Waals surface area contributed by atoms with Crippen LogP contribution >= 0.6 is 0 Å². The van der Waals surface area contributed by atoms with Gasteiger partial charge in [-0.2, -0.15) is 0 Å². The highest BCUT2D eigenvalue weighted by atomic mass is 19.2. The van der Waals surface area contributed by atoms with Crippen LogP contribution in [0, 0.1) is 11.6 Å². The first-order valence-corrected chi connectivity index (χ1v) is 6.29. The Hall–Kier alpha value is -2.27. The Bertz CT molecular complexity index is 737. The predicted molar refractivity (Wildman–Crippen MR) is 73.0 cm³/mol. The van der Waals surface area contributed by atoms with E-state index in [2.05, 4.69) is 15.3 Å². The van der Waals surface area contributed by atoms with Gasteiger partial charge in [-0.3, -0.25) is 0 Å². The summed E-state index contributed by atoms with van der Waals surface area (Å²) in [5.74, 6) is -1.64. The fourth-order valence-electron chi connectivity index (χ4n) is 2.15. The molecule has 0 aliphatic heterocycles. The smallest absolute Gasteiger partial charge is 0.159 e. The molecule has 0 saturated carbocycles. The molecule has 0 aliphatic carbocycles. The normalized spacial score (nSPS) is 11.1. The third-order valence-corrected chi connectivity index (χ3v) is 3.17. The van der Waals surface area contributed by atoms with Gasteiger partial charge in [0.25, 0.3) is 0 Å². The molecule has 1 aromatic carbocycles. The molecule has 0 bridgehead atoms. The summed E-state index contributed by atoms with van der Waals surface area (Å²) in [7, 11) is 0. The first kappa shape index (κ1) is 12.7. The van der Waals surface area contributed by atoms with E-state index in [-0.39, 0.29) is 0 Å². The van der Waals surface area contributed by atoms with E-state index in [9.17, 15) is 8.78 Å². The van der Waals surface area contributed by atoms with Crippen molar-refractivity contribution in [1.82, 2.24) is 15.3 Å². The summed E-state index contributed by atoms with van der Waals surface area (Å²) in [5.41, 5.74) is 2.65. The van der Waals surface area contributed by atoms with Gasteiger partial charge in [-0.15, -0.1) is 0 Å². The van der Waals surface area contributed by atoms with Crippen molar-refractivity contribution in [3.05, 3.63) is 65.5 Å². The number of rotatable bonds is 4. The van der Waals surface area contributed by atoms with E-state index in [1.165, 1.54) is 6.07 Å². The second-order valence-electron chi connectivity index (χ2n) is 4.57. The van der Waals surface area contributed by atoms with E-state index in [0.717, 1.165) is 22.7 Å². The molecule has 0 radical (unpaired) electrons. The molecule has 3 aromatic rings. The molecular weight excluding hydrogens is 260 g/mol. The summed E-state index contributed by atoms with van der Waals surface area (Å²) in [6.45, 7) is 1.11. The van der Waals surface area contributed by atoms with Gasteiger partial charge in [0.2, 0.25) is 0 Å². The number of nitrogens with zero attached hydrogens (tertiary/aromatic N) is 1. The topological polar surface area (TPSA) is 40.7 Å². The highest BCUT2D eigenvalue weighted by Gasteiger charge is 2.05. The lowest BCUT2D eigenvalue weighted by molar-refractivity contribution is 0.506. The SMILES string of the molecule is Fc1ccc(CNCc2c[nH]c3ncccc23)cc1F. The monoisotopic (exact) mass is 273 g/mol. The molecule has 20 heavy (non-hydrogen) atoms. The Labute approximate surface area is 114 Å². The molecule has 102 valence electrons. The van der Waals surface area contributed by atoms with Crippen LogP contribution in [-0.2, 0) is 13.1 Å². The lowest BCUT2D eigenvalue weighted by Crippen LogP contribution is -2.12. The first-order chi connectivity index (χ1) is 9.74. The molecule has 5 heteroatoms. The van der Waals surface area contributed by atoms with Gasteiger partial charge in [0.1, 0.15) is 5.65 Å². The molecule has 0 spiro atoms. The third-order valence-electron chi connectivity index (χ3n) is 3.17. The van der Waals surface area contributed by atoms with Gasteiger partial charge >= 0.3 is 0 Å². The number of fused-ring (bicyclic) bond motifs is 1. The van der Waals surface area contributed by atoms with Crippen LogP contribution in [0.4, 0.5) is 8.78 Å². The standard InChI is InChI=1S/C15H13F2N3/c16-13-4-3-10(6-14(13)17)7-18-8-11-9-20-15-12(11)2-1-5-19-15/h1-6,9,18H,7-8H2,(H,19,20). The van der Waals surface area contributed by atoms with Crippen molar-refractivity contribution in [2.75, 3.05) is 0 Å². The molecule has 0 atom stereocenters. The van der Waals surface area contributed by atoms with Crippen molar-refractivity contribution in [1.29, 1.82) is 0 Å². The van der Waals surface area contributed by atoms with Crippen LogP contribution in [0.1, 0.15) is 11.1 Å². The van der Waals surface area contributed by atoms with Crippen molar-refractivity contribution in [3.8, 4) is 0 Å². The Morgan fingerprint density at radius 1 is 1.10 bits per heavy atom. The van der Waals surface area contributed by atoms with Crippen LogP contribution in [0.5, 0.6) is 0 Å². The van der Waals surface area contributed by atoms with E-state index >= 15 is 0 Å². The molecule has 2 N–H and O–H groups in total. The highest BCUT2D eigenvalue weighted by Crippen LogP contribution is 2.15. The number of pyridine rings is 1. The van der Waals surface area contributed by atoms with Crippen molar-refractivity contribution < 1.29 is 8.78 Å². The maximum Gasteiger partial charge on any atom is 0.159 e. The summed E-state index contributed by atoms with van der Waals surface area (Å²) < 4.78 is 25.9. The molecule has 2 heterocycles. The number of aromatic nitrogens is 2. The number of benzene rings is 1. The Balaban J connectivity index is 1.66. The second kappa shape index (κ2) is 5.38. The van der Waals surface area contributed by atoms with Crippen LogP contribution in [-0.4, -0.2) is 9.97 Å². The van der Waals surface area contributed by atoms with Crippen LogP contribution in [0.2, 0.25) is 0 Å². The molecule has 2 aromatic heterocycles. The van der Waals surface area contributed by atoms with Gasteiger partial charge in [-0.1, -0.05) is 6.07 Å². The molecular formula is C15H13F2N3. The second-order valence-corrected chi connectivity index (χ2v) is 4.57. The minimum atomic E-state index is -0.823. The average molecular weight is 273 g/mol. The number of hydrogen-bond acceptors (Lipinski definition) is 2. The van der Waals surface area contributed by atoms with Gasteiger partial charge in [0.15, 0.2) is 11.6 Å². The zero-order valence-electron chi connectivity index (χ0n) is 10.7. The average Bonchev–Trinajstić information content (AvgIpc) is 2.86. The zero-order chi connectivity index (χ0) is 13.9. The molecule has 0 unspecified atom stereocenters. The molecule has 0 amide bonds. The number of hydrogen-bond donors (Lipinski definition) is 2. The van der Waals surface area contributed by atoms with Gasteiger partial charge in [-0.25, -0.2) is 13.8 Å². The minimum absolute atomic E-state index is 0.476. The molecule has 0 aliphatic rings. The highest BCUT2D eigenvalue weighted by molar-refractivity contribution is 5.79. The van der Waals surface area contributed by atoms with Crippen LogP contribution < -0.4 is 5.32 Å². The van der Waals surface area contributed by atoms with Gasteiger partial charge < -0.3 is 10.3 Å². The van der Waals surface area contributed by atoms with Gasteiger partial charge in [-0.05, 0) is 35.4 Å². The first-order valence-electron chi connectivity index (χ1n) is 6.29. The minimum Gasteiger partial charge on any atom is -0.346 e. The molecule has 0 fully saturated rings. The Morgan fingerprint density at radius 2 is 2.00 bits per heavy atom. The maximum absolute atomic E-state index is 13.1. The van der Waals surface area contributed by atoms with Gasteiger partial charge in [0, 0.05) is 30.9 Å². The fraction of sp³-hybridized carbons (Fsp3) is 0.133. The van der Waals surface area contributed by atoms with Crippen LogP contribution in [0.15, 0.2) is 42.7 Å². The van der Waals surface area contributed by atoms with Crippen LogP contribution in [0.25, 0.3) is 11.0 Å². The summed E-state index contributed by atoms with van der Waals surface area (Å²) in [4.78, 5) is 7.31. The summed E-state index contributed by atoms with van der Waals surface area (Å²) in [6.07, 6.45) is 3.63. The third kappa shape index (κ3) is 2.53. The molecule has 0 saturated heterocycles. The maximum atomic E-state index is 13.1. The predicted octanol–water partition coefficient (Wildman–Crippen LogP) is 3.13. The largest absolute Gasteiger partial charge is 0.346 e. The Morgan fingerprint density at radius 3 is 2.85 bits per heavy atom. The molecule has 3 rings (SSSR count). The quantitative estimate of drug-likeness (QED) is 0.766. The summed E-state index contributed by atoms with van der Waals surface area (Å²) in [6, 6.07) is 7.80. The fourth-order valence-corrected chi connectivity index (χ4v) is 2.15. The van der Waals surface area contributed by atoms with E-state index in [1.54, 1.807) is 12.3 Å². The molecule has 3 nitrogen and oxygen atoms in total. The van der Waals surface area contributed by atoms with E-state index in [1.807, 2.05) is 18.3 Å². The number of H-pyrrole nitrogens is 1. The lowest BCUT2D eigenvalue weighted by atomic mass is 10.2. The lowest BCUT2D eigenvalue weighted by Gasteiger charge is -2.05. The van der Waals surface area contributed by atoms with Crippen molar-refractivity contribution >= 4 is 11.0 Å². The van der Waals surface area contributed by atoms with Crippen molar-refractivity contribution in [3.63, 3.8) is 0 Å². The van der Waals surface area contributed by atoms with Crippen molar-refractivity contribution in [2.24, 2.45) is 0 Å². The van der Waals surface area contributed by atoms with E-state index in [0.29, 0.717) is 18.7 Å². The summed E-state index contributed by atoms with van der Waals surface area (Å²) >= 11 is 0. The van der Waals surface area contributed by atoms with Crippen molar-refractivity contribution in [2.45, 2.75) is 13.1 Å². The van der Waals surface area contributed by atoms with E-state index < -0.39 is 11.6 Å². The van der Waals surface area contributed by atoms with Crippen LogP contribution in [0.3, 0.4) is 0 Å². The number of aromatic amines is 1. The number of nitrogens with one attached hydrogen (secondary N) is 2.